The lowest BCUT2D eigenvalue weighted by atomic mass is 9.95. The Morgan fingerprint density at radius 2 is 2.04 bits per heavy atom. The Bertz CT molecular complexity index is 881. The normalized spacial score (nSPS) is 16.0. The zero-order valence-corrected chi connectivity index (χ0v) is 14.6. The Balaban J connectivity index is 1.64. The maximum absolute atomic E-state index is 12.7. The molecular weight excluding hydrogens is 359 g/mol. The Labute approximate surface area is 154 Å². The van der Waals surface area contributed by atoms with Crippen LogP contribution in [0.3, 0.4) is 0 Å². The van der Waals surface area contributed by atoms with Crippen LogP contribution >= 0.6 is 0 Å². The summed E-state index contributed by atoms with van der Waals surface area (Å²) in [6.07, 6.45) is -3.43. The van der Waals surface area contributed by atoms with Crippen LogP contribution in [0, 0.1) is 0 Å². The van der Waals surface area contributed by atoms with E-state index in [1.807, 2.05) is 25.1 Å². The van der Waals surface area contributed by atoms with Crippen LogP contribution in [0.2, 0.25) is 0 Å². The highest BCUT2D eigenvalue weighted by Crippen LogP contribution is 2.35. The molecule has 2 amide bonds. The summed E-state index contributed by atoms with van der Waals surface area (Å²) in [6, 6.07) is 8.93. The number of halogens is 3. The Morgan fingerprint density at radius 3 is 2.74 bits per heavy atom. The van der Waals surface area contributed by atoms with Crippen molar-refractivity contribution in [1.82, 2.24) is 10.3 Å². The highest BCUT2D eigenvalue weighted by atomic mass is 19.4. The molecule has 0 spiro atoms. The van der Waals surface area contributed by atoms with E-state index in [0.717, 1.165) is 35.4 Å². The quantitative estimate of drug-likeness (QED) is 0.838. The van der Waals surface area contributed by atoms with Gasteiger partial charge in [-0.2, -0.15) is 13.2 Å². The molecule has 0 bridgehead atoms. The van der Waals surface area contributed by atoms with E-state index in [9.17, 15) is 22.8 Å². The molecule has 1 atom stereocenters. The third kappa shape index (κ3) is 4.10. The van der Waals surface area contributed by atoms with Crippen LogP contribution in [-0.4, -0.2) is 23.3 Å². The molecule has 0 fully saturated rings. The van der Waals surface area contributed by atoms with Gasteiger partial charge in [0.15, 0.2) is 0 Å². The van der Waals surface area contributed by atoms with Crippen LogP contribution in [0.25, 0.3) is 0 Å². The highest BCUT2D eigenvalue weighted by Gasteiger charge is 2.33. The molecule has 1 aromatic carbocycles. The number of aromatic nitrogens is 1. The van der Waals surface area contributed by atoms with Crippen molar-refractivity contribution >= 4 is 17.5 Å². The molecule has 0 aliphatic carbocycles. The first-order chi connectivity index (χ1) is 12.8. The first kappa shape index (κ1) is 18.9. The predicted molar refractivity (Wildman–Crippen MR) is 93.4 cm³/mol. The second-order valence-electron chi connectivity index (χ2n) is 6.27. The second kappa shape index (κ2) is 7.38. The molecule has 1 unspecified atom stereocenters. The van der Waals surface area contributed by atoms with Crippen molar-refractivity contribution in [1.29, 1.82) is 0 Å². The number of carbonyl (C=O) groups excluding carboxylic acids is 2. The van der Waals surface area contributed by atoms with E-state index < -0.39 is 23.7 Å². The number of hydrogen-bond donors (Lipinski definition) is 2. The van der Waals surface area contributed by atoms with Crippen molar-refractivity contribution in [3.63, 3.8) is 0 Å². The number of amides is 2. The van der Waals surface area contributed by atoms with Gasteiger partial charge in [-0.25, -0.2) is 4.98 Å². The lowest BCUT2D eigenvalue weighted by Gasteiger charge is -2.11. The number of pyridine rings is 1. The predicted octanol–water partition coefficient (Wildman–Crippen LogP) is 3.52. The summed E-state index contributed by atoms with van der Waals surface area (Å²) in [4.78, 5) is 27.6. The molecule has 0 saturated carbocycles. The SMILES string of the molecule is CCc1ccc2c(c1)C(CCNC(=O)c1cccc(C(F)(F)F)n1)C(=O)N2. The molecule has 0 saturated heterocycles. The van der Waals surface area contributed by atoms with Crippen LogP contribution in [0.15, 0.2) is 36.4 Å². The van der Waals surface area contributed by atoms with Gasteiger partial charge in [0, 0.05) is 12.2 Å². The van der Waals surface area contributed by atoms with Crippen molar-refractivity contribution < 1.29 is 22.8 Å². The summed E-state index contributed by atoms with van der Waals surface area (Å²) < 4.78 is 38.1. The third-order valence-electron chi connectivity index (χ3n) is 4.46. The van der Waals surface area contributed by atoms with E-state index in [2.05, 4.69) is 15.6 Å². The number of nitrogens with zero attached hydrogens (tertiary/aromatic N) is 1. The molecule has 2 N–H and O–H groups in total. The first-order valence-corrected chi connectivity index (χ1v) is 8.55. The van der Waals surface area contributed by atoms with Gasteiger partial charge in [0.05, 0.1) is 5.92 Å². The molecule has 3 rings (SSSR count). The Morgan fingerprint density at radius 1 is 1.26 bits per heavy atom. The van der Waals surface area contributed by atoms with E-state index in [0.29, 0.717) is 6.42 Å². The molecule has 1 aromatic heterocycles. The van der Waals surface area contributed by atoms with Crippen LogP contribution in [-0.2, 0) is 17.4 Å². The van der Waals surface area contributed by atoms with Crippen molar-refractivity contribution in [2.45, 2.75) is 31.9 Å². The number of benzene rings is 1. The molecular formula is C19H18F3N3O2. The van der Waals surface area contributed by atoms with Gasteiger partial charge in [0.2, 0.25) is 5.91 Å². The summed E-state index contributed by atoms with van der Waals surface area (Å²) in [5.74, 6) is -1.26. The van der Waals surface area contributed by atoms with Gasteiger partial charge in [-0.3, -0.25) is 9.59 Å². The van der Waals surface area contributed by atoms with Crippen molar-refractivity contribution in [2.24, 2.45) is 0 Å². The topological polar surface area (TPSA) is 71.1 Å². The largest absolute Gasteiger partial charge is 0.433 e. The van der Waals surface area contributed by atoms with E-state index in [-0.39, 0.29) is 18.1 Å². The lowest BCUT2D eigenvalue weighted by molar-refractivity contribution is -0.141. The summed E-state index contributed by atoms with van der Waals surface area (Å²) in [5.41, 5.74) is 1.31. The van der Waals surface area contributed by atoms with Crippen LogP contribution in [0.5, 0.6) is 0 Å². The number of rotatable bonds is 5. The summed E-state index contributed by atoms with van der Waals surface area (Å²) in [6.45, 7) is 2.16. The minimum atomic E-state index is -4.61. The van der Waals surface area contributed by atoms with E-state index >= 15 is 0 Å². The fourth-order valence-electron chi connectivity index (χ4n) is 3.02. The number of nitrogens with one attached hydrogen (secondary N) is 2. The van der Waals surface area contributed by atoms with Crippen LogP contribution < -0.4 is 10.6 Å². The van der Waals surface area contributed by atoms with Gasteiger partial charge < -0.3 is 10.6 Å². The van der Waals surface area contributed by atoms with Gasteiger partial charge in [0.25, 0.3) is 5.91 Å². The maximum atomic E-state index is 12.7. The summed E-state index contributed by atoms with van der Waals surface area (Å²) in [7, 11) is 0. The molecule has 142 valence electrons. The molecule has 8 heteroatoms. The van der Waals surface area contributed by atoms with Gasteiger partial charge in [0.1, 0.15) is 11.4 Å². The van der Waals surface area contributed by atoms with Crippen molar-refractivity contribution in [3.05, 3.63) is 58.9 Å². The van der Waals surface area contributed by atoms with Gasteiger partial charge in [-0.15, -0.1) is 0 Å². The number of aryl methyl sites for hydroxylation is 1. The van der Waals surface area contributed by atoms with E-state index in [1.165, 1.54) is 6.07 Å². The lowest BCUT2D eigenvalue weighted by Crippen LogP contribution is -2.28. The Hall–Kier alpha value is -2.90. The average Bonchev–Trinajstić information content (AvgIpc) is 2.95. The monoisotopic (exact) mass is 377 g/mol. The van der Waals surface area contributed by atoms with E-state index in [1.54, 1.807) is 0 Å². The highest BCUT2D eigenvalue weighted by molar-refractivity contribution is 6.03. The van der Waals surface area contributed by atoms with Crippen molar-refractivity contribution in [3.8, 4) is 0 Å². The number of hydrogen-bond acceptors (Lipinski definition) is 3. The van der Waals surface area contributed by atoms with E-state index in [4.69, 9.17) is 0 Å². The molecule has 1 aliphatic rings. The minimum absolute atomic E-state index is 0.143. The molecule has 27 heavy (non-hydrogen) atoms. The third-order valence-corrected chi connectivity index (χ3v) is 4.46. The molecule has 2 aromatic rings. The molecule has 2 heterocycles. The summed E-state index contributed by atoms with van der Waals surface area (Å²) in [5, 5.41) is 5.34. The van der Waals surface area contributed by atoms with Gasteiger partial charge in [-0.1, -0.05) is 25.1 Å². The fourth-order valence-corrected chi connectivity index (χ4v) is 3.02. The molecule has 5 nitrogen and oxygen atoms in total. The molecule has 0 radical (unpaired) electrons. The summed E-state index contributed by atoms with van der Waals surface area (Å²) >= 11 is 0. The molecule has 1 aliphatic heterocycles. The smallest absolute Gasteiger partial charge is 0.351 e. The van der Waals surface area contributed by atoms with Crippen LogP contribution in [0.4, 0.5) is 18.9 Å². The maximum Gasteiger partial charge on any atom is 0.433 e. The number of fused-ring (bicyclic) bond motifs is 1. The standard InChI is InChI=1S/C19H18F3N3O2/c1-2-11-6-7-14-13(10-11)12(17(26)25-14)8-9-23-18(27)15-4-3-5-16(24-15)19(20,21)22/h3-7,10,12H,2,8-9H2,1H3,(H,23,27)(H,25,26). The van der Waals surface area contributed by atoms with Gasteiger partial charge in [-0.05, 0) is 42.2 Å². The first-order valence-electron chi connectivity index (χ1n) is 8.55. The zero-order valence-electron chi connectivity index (χ0n) is 14.6. The Kier molecular flexibility index (Phi) is 5.16. The number of carbonyl (C=O) groups is 2. The second-order valence-corrected chi connectivity index (χ2v) is 6.27. The average molecular weight is 377 g/mol. The number of alkyl halides is 3. The number of anilines is 1. The van der Waals surface area contributed by atoms with Gasteiger partial charge >= 0.3 is 6.18 Å². The minimum Gasteiger partial charge on any atom is -0.351 e. The zero-order chi connectivity index (χ0) is 19.6. The van der Waals surface area contributed by atoms with Crippen molar-refractivity contribution in [2.75, 3.05) is 11.9 Å². The van der Waals surface area contributed by atoms with Crippen LogP contribution in [0.1, 0.15) is 46.6 Å². The fraction of sp³-hybridized carbons (Fsp3) is 0.316.